The molecule has 0 spiro atoms. The highest BCUT2D eigenvalue weighted by Gasteiger charge is 2.06. The van der Waals surface area contributed by atoms with Crippen molar-refractivity contribution in [3.8, 4) is 0 Å². The third-order valence-corrected chi connectivity index (χ3v) is 2.34. The van der Waals surface area contributed by atoms with Crippen molar-refractivity contribution < 1.29 is 9.26 Å². The molecule has 5 heteroatoms. The molecule has 2 rings (SSSR count). The standard InChI is InChI=1S/C11H15N3O2/c1-3-11-12-4-5-14(11)7-9-6-10(8-15-2)16-13-9/h4-6H,3,7-8H2,1-2H3. The van der Waals surface area contributed by atoms with Gasteiger partial charge in [0.2, 0.25) is 0 Å². The first-order valence-corrected chi connectivity index (χ1v) is 5.27. The molecule has 0 aromatic carbocycles. The number of imidazole rings is 1. The van der Waals surface area contributed by atoms with Gasteiger partial charge in [-0.05, 0) is 0 Å². The molecule has 5 nitrogen and oxygen atoms in total. The number of hydrogen-bond donors (Lipinski definition) is 0. The molecule has 0 bridgehead atoms. The van der Waals surface area contributed by atoms with E-state index in [0.29, 0.717) is 13.2 Å². The smallest absolute Gasteiger partial charge is 0.162 e. The highest BCUT2D eigenvalue weighted by Crippen LogP contribution is 2.08. The molecule has 2 heterocycles. The molecule has 16 heavy (non-hydrogen) atoms. The summed E-state index contributed by atoms with van der Waals surface area (Å²) in [5.74, 6) is 1.80. The van der Waals surface area contributed by atoms with E-state index >= 15 is 0 Å². The monoisotopic (exact) mass is 221 g/mol. The molecular formula is C11H15N3O2. The summed E-state index contributed by atoms with van der Waals surface area (Å²) in [4.78, 5) is 4.25. The Morgan fingerprint density at radius 3 is 3.12 bits per heavy atom. The fraction of sp³-hybridized carbons (Fsp3) is 0.455. The highest BCUT2D eigenvalue weighted by atomic mass is 16.5. The first-order chi connectivity index (χ1) is 7.83. The van der Waals surface area contributed by atoms with Crippen LogP contribution in [0.15, 0.2) is 23.0 Å². The maximum absolute atomic E-state index is 5.12. The molecule has 0 saturated heterocycles. The summed E-state index contributed by atoms with van der Waals surface area (Å²) in [6.07, 6.45) is 4.66. The Balaban J connectivity index is 2.08. The van der Waals surface area contributed by atoms with Crippen LogP contribution in [-0.4, -0.2) is 21.8 Å². The topological polar surface area (TPSA) is 53.1 Å². The Kier molecular flexibility index (Phi) is 3.36. The second-order valence-corrected chi connectivity index (χ2v) is 3.54. The first kappa shape index (κ1) is 10.9. The summed E-state index contributed by atoms with van der Waals surface area (Å²) < 4.78 is 12.2. The van der Waals surface area contributed by atoms with Crippen LogP contribution in [0.2, 0.25) is 0 Å². The Hall–Kier alpha value is -1.62. The van der Waals surface area contributed by atoms with Crippen LogP contribution in [0.3, 0.4) is 0 Å². The van der Waals surface area contributed by atoms with Gasteiger partial charge in [0.25, 0.3) is 0 Å². The van der Waals surface area contributed by atoms with Crippen molar-refractivity contribution in [3.63, 3.8) is 0 Å². The van der Waals surface area contributed by atoms with Crippen molar-refractivity contribution >= 4 is 0 Å². The molecule has 0 unspecified atom stereocenters. The van der Waals surface area contributed by atoms with E-state index in [9.17, 15) is 0 Å². The molecule has 2 aromatic rings. The molecule has 0 saturated carbocycles. The maximum atomic E-state index is 5.12. The minimum atomic E-state index is 0.456. The summed E-state index contributed by atoms with van der Waals surface area (Å²) >= 11 is 0. The van der Waals surface area contributed by atoms with Crippen molar-refractivity contribution in [1.29, 1.82) is 0 Å². The summed E-state index contributed by atoms with van der Waals surface area (Å²) in [6, 6.07) is 1.91. The van der Waals surface area contributed by atoms with Crippen molar-refractivity contribution in [2.24, 2.45) is 0 Å². The molecule has 0 aliphatic heterocycles. The maximum Gasteiger partial charge on any atom is 0.162 e. The van der Waals surface area contributed by atoms with E-state index in [-0.39, 0.29) is 0 Å². The molecule has 0 radical (unpaired) electrons. The van der Waals surface area contributed by atoms with Crippen LogP contribution in [0.1, 0.15) is 24.2 Å². The number of aromatic nitrogens is 3. The number of ether oxygens (including phenoxy) is 1. The second-order valence-electron chi connectivity index (χ2n) is 3.54. The summed E-state index contributed by atoms with van der Waals surface area (Å²) in [5.41, 5.74) is 0.889. The lowest BCUT2D eigenvalue weighted by Gasteiger charge is -2.02. The van der Waals surface area contributed by atoms with Gasteiger partial charge in [0.15, 0.2) is 5.76 Å². The van der Waals surface area contributed by atoms with Crippen LogP contribution in [0, 0.1) is 0 Å². The van der Waals surface area contributed by atoms with Gasteiger partial charge in [0.1, 0.15) is 18.1 Å². The third kappa shape index (κ3) is 2.30. The van der Waals surface area contributed by atoms with Crippen LogP contribution in [0.25, 0.3) is 0 Å². The minimum absolute atomic E-state index is 0.456. The number of methoxy groups -OCH3 is 1. The highest BCUT2D eigenvalue weighted by molar-refractivity contribution is 5.07. The molecular weight excluding hydrogens is 206 g/mol. The lowest BCUT2D eigenvalue weighted by Crippen LogP contribution is -2.03. The first-order valence-electron chi connectivity index (χ1n) is 5.27. The molecule has 0 aliphatic rings. The Labute approximate surface area is 94.0 Å². The lowest BCUT2D eigenvalue weighted by molar-refractivity contribution is 0.155. The van der Waals surface area contributed by atoms with Crippen LogP contribution >= 0.6 is 0 Å². The van der Waals surface area contributed by atoms with Gasteiger partial charge in [0, 0.05) is 32.0 Å². The number of aryl methyl sites for hydroxylation is 1. The molecule has 86 valence electrons. The van der Waals surface area contributed by atoms with Crippen LogP contribution in [-0.2, 0) is 24.3 Å². The van der Waals surface area contributed by atoms with Gasteiger partial charge in [-0.2, -0.15) is 0 Å². The Morgan fingerprint density at radius 1 is 1.50 bits per heavy atom. The normalized spacial score (nSPS) is 10.9. The summed E-state index contributed by atoms with van der Waals surface area (Å²) in [5, 5.41) is 3.98. The van der Waals surface area contributed by atoms with Gasteiger partial charge in [0.05, 0.1) is 6.54 Å². The van der Waals surface area contributed by atoms with Gasteiger partial charge in [-0.3, -0.25) is 0 Å². The van der Waals surface area contributed by atoms with Gasteiger partial charge in [-0.25, -0.2) is 4.98 Å². The van der Waals surface area contributed by atoms with Gasteiger partial charge in [-0.15, -0.1) is 0 Å². The van der Waals surface area contributed by atoms with E-state index in [1.807, 2.05) is 12.3 Å². The largest absolute Gasteiger partial charge is 0.377 e. The van der Waals surface area contributed by atoms with Crippen molar-refractivity contribution in [3.05, 3.63) is 35.7 Å². The van der Waals surface area contributed by atoms with Crippen LogP contribution in [0.5, 0.6) is 0 Å². The van der Waals surface area contributed by atoms with E-state index in [1.54, 1.807) is 13.3 Å². The van der Waals surface area contributed by atoms with E-state index < -0.39 is 0 Å². The van der Waals surface area contributed by atoms with Crippen molar-refractivity contribution in [1.82, 2.24) is 14.7 Å². The third-order valence-electron chi connectivity index (χ3n) is 2.34. The zero-order valence-corrected chi connectivity index (χ0v) is 9.51. The van der Waals surface area contributed by atoms with Gasteiger partial charge < -0.3 is 13.8 Å². The Morgan fingerprint density at radius 2 is 2.38 bits per heavy atom. The quantitative estimate of drug-likeness (QED) is 0.770. The Bertz CT molecular complexity index is 448. The molecule has 0 aliphatic carbocycles. The second kappa shape index (κ2) is 4.94. The molecule has 0 amide bonds. The molecule has 0 atom stereocenters. The fourth-order valence-corrected chi connectivity index (χ4v) is 1.61. The zero-order chi connectivity index (χ0) is 11.4. The van der Waals surface area contributed by atoms with Gasteiger partial charge in [-0.1, -0.05) is 12.1 Å². The van der Waals surface area contributed by atoms with E-state index in [4.69, 9.17) is 9.26 Å². The zero-order valence-electron chi connectivity index (χ0n) is 9.51. The fourth-order valence-electron chi connectivity index (χ4n) is 1.61. The van der Waals surface area contributed by atoms with Crippen molar-refractivity contribution in [2.45, 2.75) is 26.5 Å². The van der Waals surface area contributed by atoms with E-state index in [1.165, 1.54) is 0 Å². The van der Waals surface area contributed by atoms with Crippen molar-refractivity contribution in [2.75, 3.05) is 7.11 Å². The summed E-state index contributed by atoms with van der Waals surface area (Å²) in [6.45, 7) is 3.23. The number of nitrogens with zero attached hydrogens (tertiary/aromatic N) is 3. The number of hydrogen-bond acceptors (Lipinski definition) is 4. The van der Waals surface area contributed by atoms with E-state index in [0.717, 1.165) is 23.7 Å². The minimum Gasteiger partial charge on any atom is -0.377 e. The summed E-state index contributed by atoms with van der Waals surface area (Å²) in [7, 11) is 1.63. The van der Waals surface area contributed by atoms with Crippen LogP contribution < -0.4 is 0 Å². The van der Waals surface area contributed by atoms with Crippen LogP contribution in [0.4, 0.5) is 0 Å². The predicted molar refractivity (Wildman–Crippen MR) is 57.9 cm³/mol. The molecule has 0 fully saturated rings. The van der Waals surface area contributed by atoms with Gasteiger partial charge >= 0.3 is 0 Å². The predicted octanol–water partition coefficient (Wildman–Crippen LogP) is 1.63. The SMILES string of the molecule is CCc1nccn1Cc1cc(COC)on1. The average Bonchev–Trinajstić information content (AvgIpc) is 2.89. The number of rotatable bonds is 5. The van der Waals surface area contributed by atoms with E-state index in [2.05, 4.69) is 21.6 Å². The average molecular weight is 221 g/mol. The lowest BCUT2D eigenvalue weighted by atomic mass is 10.3. The molecule has 2 aromatic heterocycles. The molecule has 0 N–H and O–H groups in total.